The van der Waals surface area contributed by atoms with Crippen LogP contribution in [-0.4, -0.2) is 75.2 Å². The summed E-state index contributed by atoms with van der Waals surface area (Å²) in [6, 6.07) is 0.976. The quantitative estimate of drug-likeness (QED) is 0.423. The van der Waals surface area contributed by atoms with Crippen LogP contribution in [0.1, 0.15) is 20.8 Å². The molecular weight excluding hydrogens is 365 g/mol. The van der Waals surface area contributed by atoms with Gasteiger partial charge in [-0.05, 0) is 26.9 Å². The van der Waals surface area contributed by atoms with Crippen LogP contribution in [0.4, 0.5) is 0 Å². The molecule has 5 nitrogen and oxygen atoms in total. The van der Waals surface area contributed by atoms with E-state index in [0.29, 0.717) is 18.0 Å². The number of guanidine groups is 1. The average Bonchev–Trinajstić information content (AvgIpc) is 2.37. The highest BCUT2D eigenvalue weighted by molar-refractivity contribution is 14.0. The summed E-state index contributed by atoms with van der Waals surface area (Å²) in [5.74, 6) is 1.50. The first kappa shape index (κ1) is 19.9. The van der Waals surface area contributed by atoms with Crippen LogP contribution in [0.3, 0.4) is 0 Å². The van der Waals surface area contributed by atoms with Crippen molar-refractivity contribution in [2.24, 2.45) is 10.9 Å². The first-order chi connectivity index (χ1) is 8.93. The predicted octanol–water partition coefficient (Wildman–Crippen LogP) is 1.06. The molecule has 2 unspecified atom stereocenters. The number of hydrogen-bond donors (Lipinski definition) is 2. The van der Waals surface area contributed by atoms with Crippen LogP contribution in [0.15, 0.2) is 4.99 Å². The maximum Gasteiger partial charge on any atom is 0.191 e. The van der Waals surface area contributed by atoms with Gasteiger partial charge in [0.05, 0.1) is 0 Å². The largest absolute Gasteiger partial charge is 0.355 e. The van der Waals surface area contributed by atoms with Crippen LogP contribution in [0.25, 0.3) is 0 Å². The molecule has 6 heteroatoms. The molecule has 0 aromatic rings. The van der Waals surface area contributed by atoms with Crippen LogP contribution < -0.4 is 10.6 Å². The van der Waals surface area contributed by atoms with Crippen molar-refractivity contribution in [1.29, 1.82) is 0 Å². The van der Waals surface area contributed by atoms with E-state index in [0.717, 1.165) is 32.1 Å². The van der Waals surface area contributed by atoms with Crippen molar-refractivity contribution in [2.75, 3.05) is 47.3 Å². The molecule has 120 valence electrons. The standard InChI is InChI=1S/C14H31N5.HI/c1-11(2)12(3)17-14(15-4)16-9-13-10-18(5)7-8-19(13)6;/h11-13H,7-10H2,1-6H3,(H2,15,16,17);1H. The Morgan fingerprint density at radius 3 is 2.45 bits per heavy atom. The molecule has 2 N–H and O–H groups in total. The maximum absolute atomic E-state index is 4.30. The predicted molar refractivity (Wildman–Crippen MR) is 98.1 cm³/mol. The summed E-state index contributed by atoms with van der Waals surface area (Å²) in [5, 5.41) is 6.88. The van der Waals surface area contributed by atoms with Crippen LogP contribution >= 0.6 is 24.0 Å². The van der Waals surface area contributed by atoms with Crippen molar-refractivity contribution in [3.63, 3.8) is 0 Å². The average molecular weight is 397 g/mol. The summed E-state index contributed by atoms with van der Waals surface area (Å²) in [4.78, 5) is 9.11. The third-order valence-electron chi connectivity index (χ3n) is 4.07. The van der Waals surface area contributed by atoms with Crippen LogP contribution in [0, 0.1) is 5.92 Å². The van der Waals surface area contributed by atoms with E-state index in [4.69, 9.17) is 0 Å². The molecule has 1 saturated heterocycles. The van der Waals surface area contributed by atoms with E-state index in [-0.39, 0.29) is 24.0 Å². The van der Waals surface area contributed by atoms with E-state index in [9.17, 15) is 0 Å². The lowest BCUT2D eigenvalue weighted by atomic mass is 10.1. The summed E-state index contributed by atoms with van der Waals surface area (Å²) in [6.45, 7) is 11.0. The van der Waals surface area contributed by atoms with E-state index in [1.54, 1.807) is 0 Å². The molecule has 0 saturated carbocycles. The first-order valence-electron chi connectivity index (χ1n) is 7.30. The molecule has 20 heavy (non-hydrogen) atoms. The van der Waals surface area contributed by atoms with Crippen molar-refractivity contribution in [1.82, 2.24) is 20.4 Å². The van der Waals surface area contributed by atoms with Gasteiger partial charge in [0.15, 0.2) is 5.96 Å². The Kier molecular flexibility index (Phi) is 9.74. The van der Waals surface area contributed by atoms with E-state index < -0.39 is 0 Å². The third-order valence-corrected chi connectivity index (χ3v) is 4.07. The highest BCUT2D eigenvalue weighted by atomic mass is 127. The smallest absolute Gasteiger partial charge is 0.191 e. The van der Waals surface area contributed by atoms with Crippen molar-refractivity contribution in [2.45, 2.75) is 32.9 Å². The highest BCUT2D eigenvalue weighted by Crippen LogP contribution is 2.05. The normalized spacial score (nSPS) is 23.4. The van der Waals surface area contributed by atoms with E-state index in [1.165, 1.54) is 0 Å². The molecule has 0 bridgehead atoms. The van der Waals surface area contributed by atoms with Crippen LogP contribution in [-0.2, 0) is 0 Å². The Hall–Kier alpha value is -0.0800. The number of piperazine rings is 1. The van der Waals surface area contributed by atoms with Gasteiger partial charge in [-0.2, -0.15) is 0 Å². The number of nitrogens with zero attached hydrogens (tertiary/aromatic N) is 3. The van der Waals surface area contributed by atoms with Gasteiger partial charge in [0.2, 0.25) is 0 Å². The van der Waals surface area contributed by atoms with Gasteiger partial charge in [-0.1, -0.05) is 13.8 Å². The van der Waals surface area contributed by atoms with Crippen molar-refractivity contribution < 1.29 is 0 Å². The Bertz CT molecular complexity index is 295. The molecular formula is C14H32IN5. The highest BCUT2D eigenvalue weighted by Gasteiger charge is 2.22. The lowest BCUT2D eigenvalue weighted by Crippen LogP contribution is -2.56. The van der Waals surface area contributed by atoms with Crippen molar-refractivity contribution in [3.8, 4) is 0 Å². The molecule has 0 aromatic heterocycles. The van der Waals surface area contributed by atoms with E-state index in [2.05, 4.69) is 60.3 Å². The summed E-state index contributed by atoms with van der Waals surface area (Å²) >= 11 is 0. The minimum atomic E-state index is 0. The molecule has 1 aliphatic heterocycles. The first-order valence-corrected chi connectivity index (χ1v) is 7.30. The van der Waals surface area contributed by atoms with Gasteiger partial charge in [-0.3, -0.25) is 9.89 Å². The SMILES string of the molecule is CN=C(NCC1CN(C)CCN1C)NC(C)C(C)C.I. The molecule has 0 aromatic carbocycles. The number of hydrogen-bond acceptors (Lipinski definition) is 3. The molecule has 1 fully saturated rings. The van der Waals surface area contributed by atoms with Crippen LogP contribution in [0.2, 0.25) is 0 Å². The van der Waals surface area contributed by atoms with Crippen molar-refractivity contribution >= 4 is 29.9 Å². The van der Waals surface area contributed by atoms with Gasteiger partial charge < -0.3 is 15.5 Å². The van der Waals surface area contributed by atoms with Gasteiger partial charge in [0.25, 0.3) is 0 Å². The summed E-state index contributed by atoms with van der Waals surface area (Å²) in [6.07, 6.45) is 0. The Balaban J connectivity index is 0.00000361. The number of nitrogens with one attached hydrogen (secondary N) is 2. The molecule has 1 rings (SSSR count). The number of rotatable bonds is 4. The van der Waals surface area contributed by atoms with Gasteiger partial charge in [0.1, 0.15) is 0 Å². The minimum absolute atomic E-state index is 0. The molecule has 1 aliphatic rings. The van der Waals surface area contributed by atoms with Crippen molar-refractivity contribution in [3.05, 3.63) is 0 Å². The number of aliphatic imine (C=N–C) groups is 1. The molecule has 0 radical (unpaired) electrons. The number of halogens is 1. The summed E-state index contributed by atoms with van der Waals surface area (Å²) < 4.78 is 0. The lowest BCUT2D eigenvalue weighted by molar-refractivity contribution is 0.116. The molecule has 1 heterocycles. The van der Waals surface area contributed by atoms with E-state index >= 15 is 0 Å². The zero-order chi connectivity index (χ0) is 14.4. The van der Waals surface area contributed by atoms with Gasteiger partial charge >= 0.3 is 0 Å². The molecule has 0 amide bonds. The fraction of sp³-hybridized carbons (Fsp3) is 0.929. The third kappa shape index (κ3) is 6.58. The Labute approximate surface area is 141 Å². The summed E-state index contributed by atoms with van der Waals surface area (Å²) in [5.41, 5.74) is 0. The second kappa shape index (κ2) is 9.78. The Morgan fingerprint density at radius 1 is 1.25 bits per heavy atom. The van der Waals surface area contributed by atoms with E-state index in [1.807, 2.05) is 7.05 Å². The topological polar surface area (TPSA) is 42.9 Å². The van der Waals surface area contributed by atoms with Gasteiger partial charge in [-0.15, -0.1) is 24.0 Å². The monoisotopic (exact) mass is 397 g/mol. The maximum atomic E-state index is 4.30. The summed E-state index contributed by atoms with van der Waals surface area (Å²) in [7, 11) is 6.22. The van der Waals surface area contributed by atoms with Gasteiger partial charge in [-0.25, -0.2) is 0 Å². The second-order valence-electron chi connectivity index (χ2n) is 6.03. The Morgan fingerprint density at radius 2 is 1.90 bits per heavy atom. The van der Waals surface area contributed by atoms with Gasteiger partial charge in [0, 0.05) is 45.3 Å². The van der Waals surface area contributed by atoms with Crippen LogP contribution in [0.5, 0.6) is 0 Å². The lowest BCUT2D eigenvalue weighted by Gasteiger charge is -2.38. The zero-order valence-corrected chi connectivity index (χ0v) is 16.1. The molecule has 0 aliphatic carbocycles. The molecule has 2 atom stereocenters. The molecule has 0 spiro atoms. The zero-order valence-electron chi connectivity index (χ0n) is 13.8. The second-order valence-corrected chi connectivity index (χ2v) is 6.03. The fourth-order valence-corrected chi connectivity index (χ4v) is 2.11. The fourth-order valence-electron chi connectivity index (χ4n) is 2.11. The minimum Gasteiger partial charge on any atom is -0.355 e. The number of likely N-dealkylation sites (N-methyl/N-ethyl adjacent to an activating group) is 2.